The molecule has 1 aliphatic rings. The smallest absolute Gasteiger partial charge is 0.191 e. The van der Waals surface area contributed by atoms with Gasteiger partial charge in [-0.2, -0.15) is 0 Å². The van der Waals surface area contributed by atoms with Gasteiger partial charge in [0.05, 0.1) is 25.9 Å². The molecule has 0 radical (unpaired) electrons. The van der Waals surface area contributed by atoms with Crippen LogP contribution in [-0.4, -0.2) is 45.4 Å². The second-order valence-electron chi connectivity index (χ2n) is 7.47. The Kier molecular flexibility index (Phi) is 6.72. The van der Waals surface area contributed by atoms with Gasteiger partial charge >= 0.3 is 0 Å². The topological polar surface area (TPSA) is 69.4 Å². The van der Waals surface area contributed by atoms with Gasteiger partial charge in [-0.15, -0.1) is 10.2 Å². The number of fused-ring (bicyclic) bond motifs is 1. The van der Waals surface area contributed by atoms with Gasteiger partial charge in [-0.05, 0) is 54.7 Å². The van der Waals surface area contributed by atoms with Gasteiger partial charge in [-0.25, -0.2) is 0 Å². The summed E-state index contributed by atoms with van der Waals surface area (Å²) in [5.74, 6) is 2.09. The number of benzene rings is 2. The quantitative estimate of drug-likeness (QED) is 0.550. The van der Waals surface area contributed by atoms with Gasteiger partial charge in [0, 0.05) is 18.4 Å². The van der Waals surface area contributed by atoms with Crippen LogP contribution in [0.2, 0.25) is 0 Å². The van der Waals surface area contributed by atoms with E-state index in [0.29, 0.717) is 12.4 Å². The molecule has 1 aromatic heterocycles. The van der Waals surface area contributed by atoms with E-state index in [4.69, 9.17) is 9.47 Å². The summed E-state index contributed by atoms with van der Waals surface area (Å²) in [6.45, 7) is 0.315. The summed E-state index contributed by atoms with van der Waals surface area (Å²) >= 11 is 1.49. The van der Waals surface area contributed by atoms with E-state index in [1.54, 1.807) is 7.11 Å². The number of hydrogen-bond acceptors (Lipinski definition) is 6. The minimum absolute atomic E-state index is 0.0751. The number of ether oxygens (including phenoxy) is 2. The van der Waals surface area contributed by atoms with Crippen LogP contribution in [-0.2, 0) is 18.2 Å². The Balaban J connectivity index is 1.31. The van der Waals surface area contributed by atoms with Gasteiger partial charge in [-0.3, -0.25) is 0 Å². The first kappa shape index (κ1) is 20.9. The number of hydrogen-bond donors (Lipinski definition) is 1. The molecule has 0 fully saturated rings. The highest BCUT2D eigenvalue weighted by atomic mass is 32.2. The number of nitrogens with zero attached hydrogens (tertiary/aromatic N) is 3. The lowest BCUT2D eigenvalue weighted by atomic mass is 9.89. The molecule has 0 saturated carbocycles. The third-order valence-corrected chi connectivity index (χ3v) is 6.56. The first-order chi connectivity index (χ1) is 14.7. The average molecular weight is 426 g/mol. The fraction of sp³-hybridized carbons (Fsp3) is 0.391. The lowest BCUT2D eigenvalue weighted by molar-refractivity contribution is -0.00960. The first-order valence-electron chi connectivity index (χ1n) is 10.2. The molecule has 3 aromatic rings. The molecule has 7 heteroatoms. The SMILES string of the molecule is COc1ccc(-c2nnc(SC[C@@H](O)CO[C@H]3CCCc4ccccc43)n2C)cc1. The number of aromatic nitrogens is 3. The number of rotatable bonds is 8. The van der Waals surface area contributed by atoms with Gasteiger partial charge in [0.15, 0.2) is 11.0 Å². The van der Waals surface area contributed by atoms with E-state index >= 15 is 0 Å². The molecule has 0 aliphatic heterocycles. The van der Waals surface area contributed by atoms with Crippen LogP contribution < -0.4 is 4.74 Å². The standard InChI is InChI=1S/C23H27N3O3S/c1-26-22(17-10-12-19(28-2)13-11-17)24-25-23(26)30-15-18(27)14-29-21-9-5-7-16-6-3-4-8-20(16)21/h3-4,6,8,10-13,18,21,27H,5,7,9,14-15H2,1-2H3/t18-,21-/m0/s1. The molecular weight excluding hydrogens is 398 g/mol. The predicted octanol–water partition coefficient (Wildman–Crippen LogP) is 4.04. The lowest BCUT2D eigenvalue weighted by Gasteiger charge is -2.26. The second-order valence-corrected chi connectivity index (χ2v) is 8.46. The Bertz CT molecular complexity index is 974. The minimum Gasteiger partial charge on any atom is -0.497 e. The minimum atomic E-state index is -0.565. The van der Waals surface area contributed by atoms with Crippen molar-refractivity contribution >= 4 is 11.8 Å². The summed E-state index contributed by atoms with van der Waals surface area (Å²) < 4.78 is 13.2. The summed E-state index contributed by atoms with van der Waals surface area (Å²) in [6.07, 6.45) is 2.75. The van der Waals surface area contributed by atoms with E-state index in [-0.39, 0.29) is 6.10 Å². The summed E-state index contributed by atoms with van der Waals surface area (Å²) in [5, 5.41) is 19.8. The second kappa shape index (κ2) is 9.64. The highest BCUT2D eigenvalue weighted by Gasteiger charge is 2.21. The predicted molar refractivity (Wildman–Crippen MR) is 118 cm³/mol. The van der Waals surface area contributed by atoms with E-state index in [1.165, 1.54) is 22.9 Å². The highest BCUT2D eigenvalue weighted by Crippen LogP contribution is 2.32. The molecule has 1 N–H and O–H groups in total. The van der Waals surface area contributed by atoms with E-state index in [1.807, 2.05) is 35.9 Å². The summed E-state index contributed by atoms with van der Waals surface area (Å²) in [5.41, 5.74) is 3.60. The van der Waals surface area contributed by atoms with Crippen LogP contribution in [0, 0.1) is 0 Å². The maximum absolute atomic E-state index is 10.4. The molecule has 1 heterocycles. The lowest BCUT2D eigenvalue weighted by Crippen LogP contribution is -2.22. The summed E-state index contributed by atoms with van der Waals surface area (Å²) in [6, 6.07) is 16.2. The molecule has 6 nitrogen and oxygen atoms in total. The third kappa shape index (κ3) is 4.69. The monoisotopic (exact) mass is 425 g/mol. The van der Waals surface area contributed by atoms with E-state index in [2.05, 4.69) is 34.5 Å². The van der Waals surface area contributed by atoms with Crippen molar-refractivity contribution < 1.29 is 14.6 Å². The van der Waals surface area contributed by atoms with Crippen molar-refractivity contribution in [2.24, 2.45) is 7.05 Å². The zero-order valence-electron chi connectivity index (χ0n) is 17.3. The number of aryl methyl sites for hydroxylation is 1. The molecule has 158 valence electrons. The number of methoxy groups -OCH3 is 1. The Labute approximate surface area is 181 Å². The molecule has 1 aliphatic carbocycles. The van der Waals surface area contributed by atoms with Gasteiger partial charge in [0.2, 0.25) is 0 Å². The number of aliphatic hydroxyl groups is 1. The molecule has 0 unspecified atom stereocenters. The fourth-order valence-corrected chi connectivity index (χ4v) is 4.58. The van der Waals surface area contributed by atoms with E-state index < -0.39 is 6.10 Å². The normalized spacial score (nSPS) is 16.8. The van der Waals surface area contributed by atoms with Crippen LogP contribution in [0.15, 0.2) is 53.7 Å². The van der Waals surface area contributed by atoms with Crippen molar-refractivity contribution in [3.8, 4) is 17.1 Å². The van der Waals surface area contributed by atoms with Crippen LogP contribution in [0.5, 0.6) is 5.75 Å². The molecule has 0 bridgehead atoms. The molecule has 0 spiro atoms. The number of thioether (sulfide) groups is 1. The van der Waals surface area contributed by atoms with Crippen molar-refractivity contribution in [2.75, 3.05) is 19.5 Å². The van der Waals surface area contributed by atoms with E-state index in [0.717, 1.165) is 41.6 Å². The molecule has 4 rings (SSSR count). The molecule has 2 aromatic carbocycles. The van der Waals surface area contributed by atoms with Gasteiger partial charge in [0.25, 0.3) is 0 Å². The van der Waals surface area contributed by atoms with Crippen LogP contribution >= 0.6 is 11.8 Å². The number of aliphatic hydroxyl groups excluding tert-OH is 1. The third-order valence-electron chi connectivity index (χ3n) is 5.39. The van der Waals surface area contributed by atoms with Crippen LogP contribution in [0.25, 0.3) is 11.4 Å². The molecule has 30 heavy (non-hydrogen) atoms. The molecule has 0 amide bonds. The molecule has 2 atom stereocenters. The first-order valence-corrected chi connectivity index (χ1v) is 11.2. The largest absolute Gasteiger partial charge is 0.497 e. The van der Waals surface area contributed by atoms with Crippen molar-refractivity contribution in [3.63, 3.8) is 0 Å². The van der Waals surface area contributed by atoms with Gasteiger partial charge < -0.3 is 19.1 Å². The van der Waals surface area contributed by atoms with E-state index in [9.17, 15) is 5.11 Å². The maximum atomic E-state index is 10.4. The zero-order chi connectivity index (χ0) is 20.9. The van der Waals surface area contributed by atoms with Crippen molar-refractivity contribution in [1.82, 2.24) is 14.8 Å². The average Bonchev–Trinajstić information content (AvgIpc) is 3.16. The summed E-state index contributed by atoms with van der Waals surface area (Å²) in [7, 11) is 3.58. The summed E-state index contributed by atoms with van der Waals surface area (Å²) in [4.78, 5) is 0. The molecule has 0 saturated heterocycles. The zero-order valence-corrected chi connectivity index (χ0v) is 18.1. The Morgan fingerprint density at radius 2 is 1.97 bits per heavy atom. The molecular formula is C23H27N3O3S. The fourth-order valence-electron chi connectivity index (χ4n) is 3.76. The Hall–Kier alpha value is -2.35. The van der Waals surface area contributed by atoms with Crippen molar-refractivity contribution in [1.29, 1.82) is 0 Å². The van der Waals surface area contributed by atoms with Crippen LogP contribution in [0.4, 0.5) is 0 Å². The van der Waals surface area contributed by atoms with Crippen molar-refractivity contribution in [2.45, 2.75) is 36.6 Å². The Morgan fingerprint density at radius 3 is 2.77 bits per heavy atom. The van der Waals surface area contributed by atoms with Crippen LogP contribution in [0.3, 0.4) is 0 Å². The maximum Gasteiger partial charge on any atom is 0.191 e. The van der Waals surface area contributed by atoms with Gasteiger partial charge in [-0.1, -0.05) is 36.0 Å². The Morgan fingerprint density at radius 1 is 1.17 bits per heavy atom. The van der Waals surface area contributed by atoms with Crippen molar-refractivity contribution in [3.05, 3.63) is 59.7 Å². The van der Waals surface area contributed by atoms with Gasteiger partial charge in [0.1, 0.15) is 5.75 Å². The highest BCUT2D eigenvalue weighted by molar-refractivity contribution is 7.99. The van der Waals surface area contributed by atoms with Crippen LogP contribution in [0.1, 0.15) is 30.1 Å².